The second-order valence-corrected chi connectivity index (χ2v) is 5.46. The lowest BCUT2D eigenvalue weighted by atomic mass is 10.1. The monoisotopic (exact) mass is 330 g/mol. The van der Waals surface area contributed by atoms with Crippen molar-refractivity contribution in [3.63, 3.8) is 0 Å². The molecule has 96 valence electrons. The maximum Gasteiger partial charge on any atom is 0.253 e. The Morgan fingerprint density at radius 2 is 2.28 bits per heavy atom. The minimum Gasteiger partial charge on any atom is -0.354 e. The van der Waals surface area contributed by atoms with Gasteiger partial charge in [-0.2, -0.15) is 0 Å². The van der Waals surface area contributed by atoms with Crippen LogP contribution in [0.15, 0.2) is 22.7 Å². The molecular weight excluding hydrogens is 320 g/mol. The summed E-state index contributed by atoms with van der Waals surface area (Å²) in [4.78, 5) is 23.1. The zero-order chi connectivity index (χ0) is 13.1. The minimum atomic E-state index is -0.220. The number of carbonyl (C=O) groups excluding carboxylic acids is 2. The van der Waals surface area contributed by atoms with Crippen molar-refractivity contribution >= 4 is 39.3 Å². The summed E-state index contributed by atoms with van der Waals surface area (Å²) in [5.74, 6) is -0.191. The fourth-order valence-electron chi connectivity index (χ4n) is 1.79. The quantitative estimate of drug-likeness (QED) is 0.872. The van der Waals surface area contributed by atoms with Gasteiger partial charge in [-0.25, -0.2) is 0 Å². The third-order valence-electron chi connectivity index (χ3n) is 2.77. The number of carbonyl (C=O) groups is 2. The number of amides is 2. The third-order valence-corrected chi connectivity index (χ3v) is 3.60. The number of hydrogen-bond donors (Lipinski definition) is 2. The number of piperidine rings is 1. The Kier molecular flexibility index (Phi) is 4.24. The minimum absolute atomic E-state index is 0.0287. The van der Waals surface area contributed by atoms with E-state index in [9.17, 15) is 9.59 Å². The van der Waals surface area contributed by atoms with Crippen molar-refractivity contribution in [2.75, 3.05) is 6.54 Å². The molecule has 1 unspecified atom stereocenters. The van der Waals surface area contributed by atoms with Crippen LogP contribution in [0.25, 0.3) is 0 Å². The molecule has 4 nitrogen and oxygen atoms in total. The maximum absolute atomic E-state index is 12.0. The van der Waals surface area contributed by atoms with Gasteiger partial charge in [-0.3, -0.25) is 9.59 Å². The fraction of sp³-hybridized carbons (Fsp3) is 0.333. The fourth-order valence-corrected chi connectivity index (χ4v) is 2.36. The van der Waals surface area contributed by atoms with E-state index >= 15 is 0 Å². The molecule has 0 radical (unpaired) electrons. The summed E-state index contributed by atoms with van der Waals surface area (Å²) in [6, 6.07) is 5.09. The molecule has 1 aromatic carbocycles. The first-order valence-electron chi connectivity index (χ1n) is 5.59. The number of hydrogen-bond acceptors (Lipinski definition) is 2. The first-order chi connectivity index (χ1) is 8.56. The number of benzene rings is 1. The van der Waals surface area contributed by atoms with Crippen molar-refractivity contribution in [2.45, 2.75) is 18.9 Å². The van der Waals surface area contributed by atoms with Crippen molar-refractivity contribution in [3.8, 4) is 0 Å². The molecule has 0 aromatic heterocycles. The van der Waals surface area contributed by atoms with Gasteiger partial charge in [0.1, 0.15) is 0 Å². The van der Waals surface area contributed by atoms with Gasteiger partial charge in [-0.15, -0.1) is 0 Å². The second-order valence-electron chi connectivity index (χ2n) is 4.14. The molecule has 6 heteroatoms. The maximum atomic E-state index is 12.0. The first kappa shape index (κ1) is 13.4. The normalized spacial score (nSPS) is 19.2. The molecule has 1 saturated heterocycles. The van der Waals surface area contributed by atoms with Crippen molar-refractivity contribution in [2.24, 2.45) is 0 Å². The van der Waals surface area contributed by atoms with Gasteiger partial charge in [0.15, 0.2) is 0 Å². The lowest BCUT2D eigenvalue weighted by Crippen LogP contribution is -2.47. The van der Waals surface area contributed by atoms with E-state index in [-0.39, 0.29) is 17.9 Å². The van der Waals surface area contributed by atoms with Crippen LogP contribution in [-0.4, -0.2) is 24.4 Å². The Morgan fingerprint density at radius 1 is 1.50 bits per heavy atom. The number of rotatable bonds is 2. The van der Waals surface area contributed by atoms with Crippen LogP contribution in [-0.2, 0) is 4.79 Å². The molecule has 0 spiro atoms. The molecule has 1 aliphatic rings. The molecule has 2 rings (SSSR count). The largest absolute Gasteiger partial charge is 0.354 e. The SMILES string of the molecule is O=C1CCC(NC(=O)c2cc(Br)ccc2Cl)CN1. The van der Waals surface area contributed by atoms with E-state index in [1.54, 1.807) is 18.2 Å². The van der Waals surface area contributed by atoms with Gasteiger partial charge in [0.25, 0.3) is 5.91 Å². The lowest BCUT2D eigenvalue weighted by molar-refractivity contribution is -0.122. The van der Waals surface area contributed by atoms with Crippen molar-refractivity contribution < 1.29 is 9.59 Å². The van der Waals surface area contributed by atoms with Crippen LogP contribution in [0.1, 0.15) is 23.2 Å². The predicted molar refractivity (Wildman–Crippen MR) is 72.6 cm³/mol. The van der Waals surface area contributed by atoms with Crippen LogP contribution in [0.2, 0.25) is 5.02 Å². The summed E-state index contributed by atoms with van der Waals surface area (Å²) in [5.41, 5.74) is 0.433. The van der Waals surface area contributed by atoms with Crippen molar-refractivity contribution in [1.82, 2.24) is 10.6 Å². The summed E-state index contributed by atoms with van der Waals surface area (Å²) in [6.45, 7) is 0.468. The van der Waals surface area contributed by atoms with Gasteiger partial charge in [-0.05, 0) is 24.6 Å². The van der Waals surface area contributed by atoms with E-state index in [2.05, 4.69) is 26.6 Å². The average molecular weight is 332 g/mol. The van der Waals surface area contributed by atoms with Crippen LogP contribution in [0.5, 0.6) is 0 Å². The van der Waals surface area contributed by atoms with Crippen LogP contribution < -0.4 is 10.6 Å². The van der Waals surface area contributed by atoms with E-state index in [4.69, 9.17) is 11.6 Å². The van der Waals surface area contributed by atoms with E-state index in [1.807, 2.05) is 0 Å². The Hall–Kier alpha value is -1.07. The molecular formula is C12H12BrClN2O2. The Bertz CT molecular complexity index is 483. The third kappa shape index (κ3) is 3.23. The zero-order valence-electron chi connectivity index (χ0n) is 9.50. The van der Waals surface area contributed by atoms with Crippen LogP contribution in [0.4, 0.5) is 0 Å². The Morgan fingerprint density at radius 3 is 2.94 bits per heavy atom. The molecule has 1 aliphatic heterocycles. The molecule has 0 bridgehead atoms. The van der Waals surface area contributed by atoms with Gasteiger partial charge in [0, 0.05) is 23.5 Å². The summed E-state index contributed by atoms with van der Waals surface area (Å²) < 4.78 is 0.800. The van der Waals surface area contributed by atoms with Gasteiger partial charge in [-0.1, -0.05) is 27.5 Å². The van der Waals surface area contributed by atoms with Gasteiger partial charge in [0.05, 0.1) is 10.6 Å². The van der Waals surface area contributed by atoms with Gasteiger partial charge >= 0.3 is 0 Å². The molecule has 1 heterocycles. The summed E-state index contributed by atoms with van der Waals surface area (Å²) in [5, 5.41) is 6.00. The highest BCUT2D eigenvalue weighted by atomic mass is 79.9. The smallest absolute Gasteiger partial charge is 0.253 e. The van der Waals surface area contributed by atoms with Crippen LogP contribution >= 0.6 is 27.5 Å². The molecule has 1 atom stereocenters. The standard InChI is InChI=1S/C12H12BrClN2O2/c13-7-1-3-10(14)9(5-7)12(18)16-8-2-4-11(17)15-6-8/h1,3,5,8H,2,4,6H2,(H,15,17)(H,16,18). The molecule has 2 amide bonds. The highest BCUT2D eigenvalue weighted by molar-refractivity contribution is 9.10. The summed E-state index contributed by atoms with van der Waals surface area (Å²) in [7, 11) is 0. The molecule has 18 heavy (non-hydrogen) atoms. The molecule has 0 aliphatic carbocycles. The first-order valence-corrected chi connectivity index (χ1v) is 6.76. The molecule has 1 fully saturated rings. The van der Waals surface area contributed by atoms with Gasteiger partial charge < -0.3 is 10.6 Å². The van der Waals surface area contributed by atoms with E-state index in [0.29, 0.717) is 30.0 Å². The molecule has 0 saturated carbocycles. The Labute approximate surface area is 118 Å². The van der Waals surface area contributed by atoms with Crippen LogP contribution in [0, 0.1) is 0 Å². The topological polar surface area (TPSA) is 58.2 Å². The highest BCUT2D eigenvalue weighted by Crippen LogP contribution is 2.21. The number of nitrogens with one attached hydrogen (secondary N) is 2. The van der Waals surface area contributed by atoms with Crippen molar-refractivity contribution in [3.05, 3.63) is 33.3 Å². The summed E-state index contributed by atoms with van der Waals surface area (Å²) in [6.07, 6.45) is 1.10. The van der Waals surface area contributed by atoms with Gasteiger partial charge in [0.2, 0.25) is 5.91 Å². The van der Waals surface area contributed by atoms with E-state index < -0.39 is 0 Å². The number of halogens is 2. The highest BCUT2D eigenvalue weighted by Gasteiger charge is 2.21. The van der Waals surface area contributed by atoms with E-state index in [0.717, 1.165) is 4.47 Å². The summed E-state index contributed by atoms with van der Waals surface area (Å²) >= 11 is 9.28. The Balaban J connectivity index is 2.03. The predicted octanol–water partition coefficient (Wildman–Crippen LogP) is 2.11. The molecule has 2 N–H and O–H groups in total. The average Bonchev–Trinajstić information content (AvgIpc) is 2.35. The second kappa shape index (κ2) is 5.71. The lowest BCUT2D eigenvalue weighted by Gasteiger charge is -2.23. The van der Waals surface area contributed by atoms with Crippen LogP contribution in [0.3, 0.4) is 0 Å². The van der Waals surface area contributed by atoms with E-state index in [1.165, 1.54) is 0 Å². The zero-order valence-corrected chi connectivity index (χ0v) is 11.8. The van der Waals surface area contributed by atoms with Crippen molar-refractivity contribution in [1.29, 1.82) is 0 Å². The molecule has 1 aromatic rings.